The molecule has 0 spiro atoms. The Kier molecular flexibility index (Phi) is 3.75. The molecule has 6 heteroatoms. The Bertz CT molecular complexity index is 391. The van der Waals surface area contributed by atoms with E-state index in [0.717, 1.165) is 12.2 Å². The molecule has 1 aliphatic heterocycles. The molecule has 1 amide bonds. The number of ether oxygens (including phenoxy) is 1. The monoisotopic (exact) mass is 239 g/mol. The third kappa shape index (κ3) is 2.83. The van der Waals surface area contributed by atoms with E-state index in [4.69, 9.17) is 9.26 Å². The van der Waals surface area contributed by atoms with Crippen LogP contribution < -0.4 is 10.6 Å². The van der Waals surface area contributed by atoms with Crippen LogP contribution in [-0.2, 0) is 9.53 Å². The first-order valence-electron chi connectivity index (χ1n) is 5.76. The third-order valence-electron chi connectivity index (χ3n) is 2.76. The number of amides is 1. The van der Waals surface area contributed by atoms with Gasteiger partial charge in [0.15, 0.2) is 0 Å². The van der Waals surface area contributed by atoms with Crippen LogP contribution in [0, 0.1) is 12.8 Å². The number of hydrogen-bond donors (Lipinski definition) is 2. The number of aromatic nitrogens is 1. The van der Waals surface area contributed by atoms with Gasteiger partial charge >= 0.3 is 0 Å². The van der Waals surface area contributed by atoms with Gasteiger partial charge in [-0.05, 0) is 13.5 Å². The Morgan fingerprint density at radius 1 is 1.59 bits per heavy atom. The highest BCUT2D eigenvalue weighted by Gasteiger charge is 2.33. The van der Waals surface area contributed by atoms with Crippen LogP contribution in [0.3, 0.4) is 0 Å². The van der Waals surface area contributed by atoms with E-state index in [1.807, 2.05) is 6.92 Å². The Labute approximate surface area is 99.7 Å². The van der Waals surface area contributed by atoms with Crippen LogP contribution in [0.2, 0.25) is 0 Å². The lowest BCUT2D eigenvalue weighted by molar-refractivity contribution is -0.120. The number of carbonyl (C=O) groups excluding carboxylic acids is 1. The highest BCUT2D eigenvalue weighted by atomic mass is 16.5. The lowest BCUT2D eigenvalue weighted by Crippen LogP contribution is -2.41. The van der Waals surface area contributed by atoms with Gasteiger partial charge in [0.1, 0.15) is 0 Å². The van der Waals surface area contributed by atoms with Crippen LogP contribution >= 0.6 is 0 Å². The first kappa shape index (κ1) is 12.1. The van der Waals surface area contributed by atoms with Crippen molar-refractivity contribution in [1.82, 2.24) is 10.5 Å². The van der Waals surface area contributed by atoms with Crippen molar-refractivity contribution < 1.29 is 14.1 Å². The summed E-state index contributed by atoms with van der Waals surface area (Å²) < 4.78 is 10.3. The minimum absolute atomic E-state index is 0.0732. The number of nitrogens with zero attached hydrogens (tertiary/aromatic N) is 1. The van der Waals surface area contributed by atoms with Crippen molar-refractivity contribution in [1.29, 1.82) is 0 Å². The Morgan fingerprint density at radius 3 is 3.06 bits per heavy atom. The third-order valence-corrected chi connectivity index (χ3v) is 2.76. The summed E-state index contributed by atoms with van der Waals surface area (Å²) in [5.74, 6) is 0.111. The molecule has 0 bridgehead atoms. The van der Waals surface area contributed by atoms with Gasteiger partial charge in [-0.25, -0.2) is 0 Å². The molecule has 0 radical (unpaired) electrons. The van der Waals surface area contributed by atoms with Gasteiger partial charge in [0.2, 0.25) is 11.8 Å². The number of hydrogen-bond acceptors (Lipinski definition) is 5. The fourth-order valence-electron chi connectivity index (χ4n) is 1.91. The molecule has 2 N–H and O–H groups in total. The number of rotatable bonds is 4. The van der Waals surface area contributed by atoms with Crippen molar-refractivity contribution in [2.24, 2.45) is 5.92 Å². The highest BCUT2D eigenvalue weighted by Crippen LogP contribution is 2.17. The molecule has 0 aromatic carbocycles. The normalized spacial score (nSPS) is 23.9. The molecule has 1 fully saturated rings. The fourth-order valence-corrected chi connectivity index (χ4v) is 1.91. The van der Waals surface area contributed by atoms with Crippen LogP contribution in [0.1, 0.15) is 12.6 Å². The predicted molar refractivity (Wildman–Crippen MR) is 61.6 cm³/mol. The topological polar surface area (TPSA) is 76.4 Å². The molecule has 2 rings (SSSR count). The van der Waals surface area contributed by atoms with Gasteiger partial charge in [-0.2, -0.15) is 0 Å². The van der Waals surface area contributed by atoms with E-state index in [1.165, 1.54) is 0 Å². The molecule has 2 atom stereocenters. The molecule has 2 heterocycles. The van der Waals surface area contributed by atoms with E-state index in [2.05, 4.69) is 15.8 Å². The number of carbonyl (C=O) groups is 1. The molecule has 94 valence electrons. The van der Waals surface area contributed by atoms with Crippen LogP contribution in [0.5, 0.6) is 0 Å². The maximum absolute atomic E-state index is 12.0. The Balaban J connectivity index is 1.95. The minimum atomic E-state index is -0.180. The van der Waals surface area contributed by atoms with Gasteiger partial charge in [-0.3, -0.25) is 10.1 Å². The van der Waals surface area contributed by atoms with Gasteiger partial charge in [-0.15, -0.1) is 0 Å². The molecule has 1 aromatic heterocycles. The molecule has 1 aromatic rings. The average Bonchev–Trinajstić information content (AvgIpc) is 2.88. The van der Waals surface area contributed by atoms with Crippen LogP contribution in [0.15, 0.2) is 10.6 Å². The zero-order valence-electron chi connectivity index (χ0n) is 10.0. The molecule has 17 heavy (non-hydrogen) atoms. The fraction of sp³-hybridized carbons (Fsp3) is 0.636. The second-order valence-corrected chi connectivity index (χ2v) is 4.13. The molecule has 0 aliphatic carbocycles. The quantitative estimate of drug-likeness (QED) is 0.802. The zero-order valence-corrected chi connectivity index (χ0v) is 10.0. The lowest BCUT2D eigenvalue weighted by Gasteiger charge is -2.16. The van der Waals surface area contributed by atoms with Crippen LogP contribution in [0.4, 0.5) is 5.88 Å². The maximum Gasteiger partial charge on any atom is 0.233 e. The zero-order chi connectivity index (χ0) is 12.3. The van der Waals surface area contributed by atoms with Crippen molar-refractivity contribution >= 4 is 11.8 Å². The van der Waals surface area contributed by atoms with Gasteiger partial charge in [-0.1, -0.05) is 12.1 Å². The van der Waals surface area contributed by atoms with E-state index in [9.17, 15) is 4.79 Å². The number of aryl methyl sites for hydroxylation is 1. The number of likely N-dealkylation sites (N-methyl/N-ethyl adjacent to an activating group) is 1. The van der Waals surface area contributed by atoms with Crippen molar-refractivity contribution in [3.63, 3.8) is 0 Å². The summed E-state index contributed by atoms with van der Waals surface area (Å²) in [6.07, 6.45) is 0. The van der Waals surface area contributed by atoms with Crippen LogP contribution in [-0.4, -0.2) is 36.9 Å². The van der Waals surface area contributed by atoms with Gasteiger partial charge in [0, 0.05) is 12.1 Å². The molecule has 6 nitrogen and oxygen atoms in total. The van der Waals surface area contributed by atoms with Gasteiger partial charge in [0.05, 0.1) is 24.8 Å². The average molecular weight is 239 g/mol. The number of anilines is 1. The molecule has 1 aliphatic rings. The van der Waals surface area contributed by atoms with Gasteiger partial charge in [0.25, 0.3) is 0 Å². The maximum atomic E-state index is 12.0. The summed E-state index contributed by atoms with van der Waals surface area (Å²) in [5.41, 5.74) is 0.742. The first-order valence-corrected chi connectivity index (χ1v) is 5.76. The van der Waals surface area contributed by atoms with E-state index >= 15 is 0 Å². The summed E-state index contributed by atoms with van der Waals surface area (Å²) in [7, 11) is 0. The minimum Gasteiger partial charge on any atom is -0.379 e. The van der Waals surface area contributed by atoms with Gasteiger partial charge < -0.3 is 14.6 Å². The summed E-state index contributed by atoms with van der Waals surface area (Å²) >= 11 is 0. The van der Waals surface area contributed by atoms with Crippen molar-refractivity contribution in [3.8, 4) is 0 Å². The summed E-state index contributed by atoms with van der Waals surface area (Å²) in [5, 5.41) is 9.65. The van der Waals surface area contributed by atoms with E-state index < -0.39 is 0 Å². The molecule has 2 unspecified atom stereocenters. The van der Waals surface area contributed by atoms with Crippen molar-refractivity contribution in [3.05, 3.63) is 11.8 Å². The molecule has 1 saturated heterocycles. The summed E-state index contributed by atoms with van der Waals surface area (Å²) in [6.45, 7) is 5.64. The van der Waals surface area contributed by atoms with E-state index in [-0.39, 0.29) is 17.9 Å². The standard InChI is InChI=1S/C11H17N3O3/c1-3-12-9-6-16-5-8(9)11(15)13-10-4-7(2)14-17-10/h4,8-9,12H,3,5-6H2,1-2H3,(H,13,15). The summed E-state index contributed by atoms with van der Waals surface area (Å²) in [6, 6.07) is 1.76. The number of nitrogens with one attached hydrogen (secondary N) is 2. The smallest absolute Gasteiger partial charge is 0.233 e. The Hall–Kier alpha value is -1.40. The largest absolute Gasteiger partial charge is 0.379 e. The second kappa shape index (κ2) is 5.29. The van der Waals surface area contributed by atoms with E-state index in [1.54, 1.807) is 13.0 Å². The Morgan fingerprint density at radius 2 is 2.41 bits per heavy atom. The summed E-state index contributed by atoms with van der Waals surface area (Å²) in [4.78, 5) is 12.0. The molecule has 0 saturated carbocycles. The van der Waals surface area contributed by atoms with Crippen molar-refractivity contribution in [2.75, 3.05) is 25.1 Å². The molecular weight excluding hydrogens is 222 g/mol. The highest BCUT2D eigenvalue weighted by molar-refractivity contribution is 5.92. The molecular formula is C11H17N3O3. The SMILES string of the molecule is CCNC1COCC1C(=O)Nc1cc(C)no1. The van der Waals surface area contributed by atoms with E-state index in [0.29, 0.717) is 19.1 Å². The first-order chi connectivity index (χ1) is 8.20. The second-order valence-electron chi connectivity index (χ2n) is 4.13. The predicted octanol–water partition coefficient (Wildman–Crippen LogP) is 0.546. The lowest BCUT2D eigenvalue weighted by atomic mass is 10.0. The van der Waals surface area contributed by atoms with Crippen molar-refractivity contribution in [2.45, 2.75) is 19.9 Å². The van der Waals surface area contributed by atoms with Crippen LogP contribution in [0.25, 0.3) is 0 Å².